The molecule has 1 amide bonds. The molecule has 7 heteroatoms. The van der Waals surface area contributed by atoms with Crippen LogP contribution in [0.3, 0.4) is 0 Å². The monoisotopic (exact) mass is 282 g/mol. The van der Waals surface area contributed by atoms with Gasteiger partial charge in [-0.15, -0.1) is 0 Å². The second-order valence-corrected chi connectivity index (χ2v) is 4.62. The maximum atomic E-state index is 11.4. The number of carbonyl (C=O) groups excluding carboxylic acids is 1. The number of carbonyl (C=O) groups is 1. The third-order valence-electron chi connectivity index (χ3n) is 3.36. The number of H-pyrrole nitrogens is 1. The molecule has 3 heterocycles. The van der Waals surface area contributed by atoms with Crippen LogP contribution in [0.1, 0.15) is 10.5 Å². The number of pyridine rings is 1. The average Bonchev–Trinajstić information content (AvgIpc) is 3.13. The van der Waals surface area contributed by atoms with Crippen LogP contribution in [0.5, 0.6) is 11.5 Å². The molecule has 0 saturated heterocycles. The number of hydrogen-bond donors (Lipinski definition) is 2. The largest absolute Gasteiger partial charge is 0.454 e. The normalized spacial score (nSPS) is 12.8. The van der Waals surface area contributed by atoms with Gasteiger partial charge in [-0.05, 0) is 29.3 Å². The van der Waals surface area contributed by atoms with Gasteiger partial charge >= 0.3 is 0 Å². The van der Waals surface area contributed by atoms with E-state index in [0.29, 0.717) is 17.1 Å². The Morgan fingerprint density at radius 2 is 2.10 bits per heavy atom. The lowest BCUT2D eigenvalue weighted by molar-refractivity contribution is 0.0996. The fourth-order valence-corrected chi connectivity index (χ4v) is 2.36. The molecule has 0 spiro atoms. The van der Waals surface area contributed by atoms with Gasteiger partial charge in [-0.25, -0.2) is 4.98 Å². The van der Waals surface area contributed by atoms with Crippen molar-refractivity contribution in [3.63, 3.8) is 0 Å². The Morgan fingerprint density at radius 1 is 1.24 bits per heavy atom. The van der Waals surface area contributed by atoms with Gasteiger partial charge in [-0.3, -0.25) is 9.89 Å². The molecular weight excluding hydrogens is 272 g/mol. The zero-order valence-electron chi connectivity index (χ0n) is 10.8. The molecule has 1 aromatic carbocycles. The topological polar surface area (TPSA) is 103 Å². The van der Waals surface area contributed by atoms with E-state index < -0.39 is 5.91 Å². The molecule has 0 fully saturated rings. The predicted molar refractivity (Wildman–Crippen MR) is 74.0 cm³/mol. The molecule has 7 nitrogen and oxygen atoms in total. The molecular formula is C14H10N4O3. The molecule has 21 heavy (non-hydrogen) atoms. The molecule has 104 valence electrons. The van der Waals surface area contributed by atoms with Crippen molar-refractivity contribution in [2.75, 3.05) is 6.79 Å². The molecule has 0 bridgehead atoms. The lowest BCUT2D eigenvalue weighted by atomic mass is 10.0. The fourth-order valence-electron chi connectivity index (χ4n) is 2.36. The van der Waals surface area contributed by atoms with Crippen molar-refractivity contribution < 1.29 is 14.3 Å². The number of aromatic amines is 1. The van der Waals surface area contributed by atoms with E-state index in [1.807, 2.05) is 18.2 Å². The summed E-state index contributed by atoms with van der Waals surface area (Å²) in [5, 5.41) is 7.52. The van der Waals surface area contributed by atoms with E-state index in [9.17, 15) is 4.79 Å². The Labute approximate surface area is 118 Å². The zero-order valence-corrected chi connectivity index (χ0v) is 10.8. The van der Waals surface area contributed by atoms with Gasteiger partial charge in [0, 0.05) is 5.39 Å². The van der Waals surface area contributed by atoms with Gasteiger partial charge in [0.2, 0.25) is 6.79 Å². The number of fused-ring (bicyclic) bond motifs is 2. The SMILES string of the molecule is NC(=O)c1cc(-c2ccc3c(c2)OCO3)c2cn[nH]c2n1. The van der Waals surface area contributed by atoms with Gasteiger partial charge in [0.25, 0.3) is 5.91 Å². The van der Waals surface area contributed by atoms with Crippen molar-refractivity contribution in [1.82, 2.24) is 15.2 Å². The van der Waals surface area contributed by atoms with Crippen LogP contribution in [0.25, 0.3) is 22.2 Å². The predicted octanol–water partition coefficient (Wildman–Crippen LogP) is 1.45. The van der Waals surface area contributed by atoms with Crippen molar-refractivity contribution in [1.29, 1.82) is 0 Å². The first-order valence-electron chi connectivity index (χ1n) is 6.26. The number of benzene rings is 1. The van der Waals surface area contributed by atoms with Gasteiger partial charge in [0.05, 0.1) is 6.20 Å². The van der Waals surface area contributed by atoms with Crippen LogP contribution in [0, 0.1) is 0 Å². The summed E-state index contributed by atoms with van der Waals surface area (Å²) in [5.74, 6) is 0.779. The van der Waals surface area contributed by atoms with E-state index in [0.717, 1.165) is 16.5 Å². The van der Waals surface area contributed by atoms with Crippen LogP contribution in [0.4, 0.5) is 0 Å². The van der Waals surface area contributed by atoms with E-state index in [1.165, 1.54) is 0 Å². The number of nitrogens with one attached hydrogen (secondary N) is 1. The molecule has 1 aliphatic heterocycles. The number of nitrogens with zero attached hydrogens (tertiary/aromatic N) is 2. The van der Waals surface area contributed by atoms with Crippen molar-refractivity contribution in [3.05, 3.63) is 36.2 Å². The second kappa shape index (κ2) is 4.20. The van der Waals surface area contributed by atoms with Crippen molar-refractivity contribution >= 4 is 16.9 Å². The Balaban J connectivity index is 1.96. The summed E-state index contributed by atoms with van der Waals surface area (Å²) in [5.41, 5.74) is 7.70. The van der Waals surface area contributed by atoms with E-state index in [1.54, 1.807) is 12.3 Å². The van der Waals surface area contributed by atoms with Gasteiger partial charge in [-0.2, -0.15) is 5.10 Å². The zero-order chi connectivity index (χ0) is 14.4. The molecule has 1 aliphatic rings. The first-order chi connectivity index (χ1) is 10.2. The summed E-state index contributed by atoms with van der Waals surface area (Å²) in [6.45, 7) is 0.211. The Kier molecular flexibility index (Phi) is 2.34. The first-order valence-corrected chi connectivity index (χ1v) is 6.26. The van der Waals surface area contributed by atoms with Crippen molar-refractivity contribution in [2.45, 2.75) is 0 Å². The van der Waals surface area contributed by atoms with Crippen LogP contribution in [0.15, 0.2) is 30.5 Å². The van der Waals surface area contributed by atoms with E-state index in [4.69, 9.17) is 15.2 Å². The number of ether oxygens (including phenoxy) is 2. The van der Waals surface area contributed by atoms with Crippen LogP contribution in [-0.4, -0.2) is 27.9 Å². The lowest BCUT2D eigenvalue weighted by Crippen LogP contribution is -2.13. The Morgan fingerprint density at radius 3 is 2.95 bits per heavy atom. The highest BCUT2D eigenvalue weighted by molar-refractivity contribution is 5.99. The van der Waals surface area contributed by atoms with Crippen molar-refractivity contribution in [3.8, 4) is 22.6 Å². The molecule has 0 unspecified atom stereocenters. The second-order valence-electron chi connectivity index (χ2n) is 4.62. The highest BCUT2D eigenvalue weighted by Crippen LogP contribution is 2.37. The maximum absolute atomic E-state index is 11.4. The summed E-state index contributed by atoms with van der Waals surface area (Å²) >= 11 is 0. The number of amides is 1. The number of rotatable bonds is 2. The van der Waals surface area contributed by atoms with E-state index in [2.05, 4.69) is 15.2 Å². The number of nitrogens with two attached hydrogens (primary N) is 1. The van der Waals surface area contributed by atoms with Crippen LogP contribution in [-0.2, 0) is 0 Å². The maximum Gasteiger partial charge on any atom is 0.267 e. The molecule has 3 aromatic rings. The summed E-state index contributed by atoms with van der Waals surface area (Å²) in [7, 11) is 0. The van der Waals surface area contributed by atoms with Gasteiger partial charge < -0.3 is 15.2 Å². The summed E-state index contributed by atoms with van der Waals surface area (Å²) in [6, 6.07) is 7.22. The number of primary amides is 1. The lowest BCUT2D eigenvalue weighted by Gasteiger charge is -2.06. The van der Waals surface area contributed by atoms with Crippen LogP contribution in [0.2, 0.25) is 0 Å². The Bertz CT molecular complexity index is 872. The van der Waals surface area contributed by atoms with Gasteiger partial charge in [-0.1, -0.05) is 6.07 Å². The minimum Gasteiger partial charge on any atom is -0.454 e. The smallest absolute Gasteiger partial charge is 0.267 e. The third kappa shape index (κ3) is 1.78. The Hall–Kier alpha value is -3.09. The minimum absolute atomic E-state index is 0.180. The van der Waals surface area contributed by atoms with E-state index >= 15 is 0 Å². The average molecular weight is 282 g/mol. The standard InChI is InChI=1S/C14H10N4O3/c15-13(19)10-4-8(9-5-16-18-14(9)17-10)7-1-2-11-12(3-7)21-6-20-11/h1-5H,6H2,(H2,15,19)(H,16,17,18). The van der Waals surface area contributed by atoms with E-state index in [-0.39, 0.29) is 12.5 Å². The third-order valence-corrected chi connectivity index (χ3v) is 3.36. The highest BCUT2D eigenvalue weighted by Gasteiger charge is 2.17. The summed E-state index contributed by atoms with van der Waals surface area (Å²) < 4.78 is 10.7. The molecule has 0 saturated carbocycles. The molecule has 3 N–H and O–H groups in total. The quantitative estimate of drug-likeness (QED) is 0.740. The molecule has 0 atom stereocenters. The van der Waals surface area contributed by atoms with Crippen molar-refractivity contribution in [2.24, 2.45) is 5.73 Å². The number of aromatic nitrogens is 3. The summed E-state index contributed by atoms with van der Waals surface area (Å²) in [6.07, 6.45) is 1.66. The first kappa shape index (κ1) is 11.7. The van der Waals surface area contributed by atoms with Crippen LogP contribution >= 0.6 is 0 Å². The molecule has 0 aliphatic carbocycles. The highest BCUT2D eigenvalue weighted by atomic mass is 16.7. The van der Waals surface area contributed by atoms with Gasteiger partial charge in [0.1, 0.15) is 5.69 Å². The van der Waals surface area contributed by atoms with Crippen LogP contribution < -0.4 is 15.2 Å². The minimum atomic E-state index is -0.589. The molecule has 0 radical (unpaired) electrons. The molecule has 4 rings (SSSR count). The van der Waals surface area contributed by atoms with Gasteiger partial charge in [0.15, 0.2) is 17.1 Å². The fraction of sp³-hybridized carbons (Fsp3) is 0.0714. The number of hydrogen-bond acceptors (Lipinski definition) is 5. The summed E-state index contributed by atoms with van der Waals surface area (Å²) in [4.78, 5) is 15.6. The molecule has 2 aromatic heterocycles.